The summed E-state index contributed by atoms with van der Waals surface area (Å²) >= 11 is 0. The van der Waals surface area contributed by atoms with Crippen LogP contribution in [0.2, 0.25) is 0 Å². The van der Waals surface area contributed by atoms with Crippen LogP contribution in [0.3, 0.4) is 0 Å². The van der Waals surface area contributed by atoms with Crippen LogP contribution in [0.15, 0.2) is 24.4 Å². The number of H-pyrrole nitrogens is 1. The van der Waals surface area contributed by atoms with Crippen LogP contribution >= 0.6 is 0 Å². The summed E-state index contributed by atoms with van der Waals surface area (Å²) in [7, 11) is 0. The van der Waals surface area contributed by atoms with Gasteiger partial charge in [0.25, 0.3) is 0 Å². The summed E-state index contributed by atoms with van der Waals surface area (Å²) in [6.07, 6.45) is 1.96. The minimum absolute atomic E-state index is 0.107. The van der Waals surface area contributed by atoms with Crippen LogP contribution < -0.4 is 0 Å². The lowest BCUT2D eigenvalue weighted by Gasteiger charge is -1.98. The molecule has 0 bridgehead atoms. The molecule has 0 aliphatic heterocycles. The molecule has 0 spiro atoms. The van der Waals surface area contributed by atoms with Crippen molar-refractivity contribution < 1.29 is 5.11 Å². The molecule has 2 nitrogen and oxygen atoms in total. The van der Waals surface area contributed by atoms with Crippen molar-refractivity contribution in [3.63, 3.8) is 0 Å². The third-order valence-corrected chi connectivity index (χ3v) is 2.16. The summed E-state index contributed by atoms with van der Waals surface area (Å²) < 4.78 is 0. The second-order valence-corrected chi connectivity index (χ2v) is 2.97. The van der Waals surface area contributed by atoms with Crippen molar-refractivity contribution in [1.82, 2.24) is 4.98 Å². The fraction of sp³-hybridized carbons (Fsp3) is 0.200. The van der Waals surface area contributed by atoms with Crippen molar-refractivity contribution in [2.45, 2.75) is 13.5 Å². The highest BCUT2D eigenvalue weighted by molar-refractivity contribution is 5.86. The molecule has 12 heavy (non-hydrogen) atoms. The van der Waals surface area contributed by atoms with Gasteiger partial charge in [-0.15, -0.1) is 0 Å². The van der Waals surface area contributed by atoms with Gasteiger partial charge in [-0.2, -0.15) is 0 Å². The number of rotatable bonds is 1. The number of hydrogen-bond acceptors (Lipinski definition) is 1. The Bertz CT molecular complexity index is 403. The van der Waals surface area contributed by atoms with Gasteiger partial charge >= 0.3 is 0 Å². The van der Waals surface area contributed by atoms with E-state index in [0.29, 0.717) is 0 Å². The lowest BCUT2D eigenvalue weighted by Crippen LogP contribution is -1.84. The first-order valence-electron chi connectivity index (χ1n) is 3.99. The Morgan fingerprint density at radius 3 is 3.00 bits per heavy atom. The zero-order chi connectivity index (χ0) is 8.55. The van der Waals surface area contributed by atoms with Crippen LogP contribution in [0, 0.1) is 6.92 Å². The van der Waals surface area contributed by atoms with Gasteiger partial charge in [0, 0.05) is 17.1 Å². The van der Waals surface area contributed by atoms with Crippen molar-refractivity contribution in [3.05, 3.63) is 35.5 Å². The average Bonchev–Trinajstić information content (AvgIpc) is 2.48. The van der Waals surface area contributed by atoms with Gasteiger partial charge in [-0.1, -0.05) is 12.1 Å². The first kappa shape index (κ1) is 7.37. The molecule has 2 N–H and O–H groups in total. The fourth-order valence-corrected chi connectivity index (χ4v) is 1.58. The second kappa shape index (κ2) is 2.64. The summed E-state index contributed by atoms with van der Waals surface area (Å²) in [5, 5.41) is 10.2. The third-order valence-electron chi connectivity index (χ3n) is 2.16. The number of nitrogens with one attached hydrogen (secondary N) is 1. The van der Waals surface area contributed by atoms with Crippen LogP contribution in [0.4, 0.5) is 0 Å². The first-order chi connectivity index (χ1) is 5.83. The summed E-state index contributed by atoms with van der Waals surface area (Å²) in [6.45, 7) is 2.15. The van der Waals surface area contributed by atoms with E-state index in [1.54, 1.807) is 0 Å². The number of aromatic amines is 1. The Kier molecular flexibility index (Phi) is 1.62. The van der Waals surface area contributed by atoms with Crippen molar-refractivity contribution in [1.29, 1.82) is 0 Å². The van der Waals surface area contributed by atoms with Gasteiger partial charge < -0.3 is 10.1 Å². The maximum Gasteiger partial charge on any atom is 0.0688 e. The Balaban J connectivity index is 2.84. The lowest BCUT2D eigenvalue weighted by molar-refractivity contribution is 0.283. The van der Waals surface area contributed by atoms with Crippen molar-refractivity contribution in [2.75, 3.05) is 0 Å². The molecule has 1 aromatic carbocycles. The molecule has 0 aliphatic rings. The monoisotopic (exact) mass is 161 g/mol. The number of aliphatic hydroxyl groups is 1. The van der Waals surface area contributed by atoms with Gasteiger partial charge in [0.05, 0.1) is 6.61 Å². The molecule has 0 saturated carbocycles. The molecular weight excluding hydrogens is 150 g/mol. The van der Waals surface area contributed by atoms with Gasteiger partial charge in [-0.25, -0.2) is 0 Å². The van der Waals surface area contributed by atoms with E-state index in [2.05, 4.69) is 4.98 Å². The van der Waals surface area contributed by atoms with Crippen LogP contribution in [0.1, 0.15) is 11.1 Å². The van der Waals surface area contributed by atoms with E-state index < -0.39 is 0 Å². The molecule has 2 rings (SSSR count). The maximum absolute atomic E-state index is 9.06. The molecule has 0 unspecified atom stereocenters. The predicted octanol–water partition coefficient (Wildman–Crippen LogP) is 1.97. The molecular formula is C10H11NO. The molecule has 0 radical (unpaired) electrons. The summed E-state index contributed by atoms with van der Waals surface area (Å²) in [4.78, 5) is 3.15. The molecule has 2 heteroatoms. The van der Waals surface area contributed by atoms with Gasteiger partial charge in [0.1, 0.15) is 0 Å². The Morgan fingerprint density at radius 1 is 1.42 bits per heavy atom. The van der Waals surface area contributed by atoms with Crippen molar-refractivity contribution in [3.8, 4) is 0 Å². The number of hydrogen-bond donors (Lipinski definition) is 2. The fourth-order valence-electron chi connectivity index (χ4n) is 1.58. The maximum atomic E-state index is 9.06. The lowest BCUT2D eigenvalue weighted by atomic mass is 10.1. The summed E-state index contributed by atoms with van der Waals surface area (Å²) in [6, 6.07) is 5.91. The largest absolute Gasteiger partial charge is 0.392 e. The predicted molar refractivity (Wildman–Crippen MR) is 49.0 cm³/mol. The van der Waals surface area contributed by atoms with Crippen LogP contribution in [-0.2, 0) is 6.61 Å². The third kappa shape index (κ3) is 0.924. The number of aliphatic hydroxyl groups excluding tert-OH is 1. The molecule has 1 aromatic heterocycles. The van der Waals surface area contributed by atoms with Gasteiger partial charge in [-0.05, 0) is 24.1 Å². The normalized spacial score (nSPS) is 10.8. The molecule has 0 amide bonds. The molecule has 62 valence electrons. The zero-order valence-electron chi connectivity index (χ0n) is 6.96. The topological polar surface area (TPSA) is 36.0 Å². The van der Waals surface area contributed by atoms with Crippen LogP contribution in [0.5, 0.6) is 0 Å². The van der Waals surface area contributed by atoms with Gasteiger partial charge in [0.15, 0.2) is 0 Å². The average molecular weight is 161 g/mol. The zero-order valence-corrected chi connectivity index (χ0v) is 6.96. The molecule has 0 atom stereocenters. The Morgan fingerprint density at radius 2 is 2.25 bits per heavy atom. The number of fused-ring (bicyclic) bond motifs is 1. The highest BCUT2D eigenvalue weighted by atomic mass is 16.3. The standard InChI is InChI=1S/C10H11NO/c1-7-5-11-9-4-2-3-8(6-12)10(7)9/h2-5,11-12H,6H2,1H3. The van der Waals surface area contributed by atoms with E-state index in [-0.39, 0.29) is 6.61 Å². The van der Waals surface area contributed by atoms with E-state index in [4.69, 9.17) is 5.11 Å². The quantitative estimate of drug-likeness (QED) is 0.659. The van der Waals surface area contributed by atoms with E-state index in [1.807, 2.05) is 31.3 Å². The van der Waals surface area contributed by atoms with E-state index in [0.717, 1.165) is 16.5 Å². The van der Waals surface area contributed by atoms with E-state index >= 15 is 0 Å². The Hall–Kier alpha value is -1.28. The Labute approximate surface area is 70.8 Å². The molecule has 0 saturated heterocycles. The number of benzene rings is 1. The summed E-state index contributed by atoms with van der Waals surface area (Å²) in [5.74, 6) is 0. The van der Waals surface area contributed by atoms with Gasteiger partial charge in [0.2, 0.25) is 0 Å². The van der Waals surface area contributed by atoms with E-state index in [1.165, 1.54) is 5.56 Å². The SMILES string of the molecule is Cc1c[nH]c2cccc(CO)c12. The molecule has 0 aliphatic carbocycles. The van der Waals surface area contributed by atoms with E-state index in [9.17, 15) is 0 Å². The second-order valence-electron chi connectivity index (χ2n) is 2.97. The minimum Gasteiger partial charge on any atom is -0.392 e. The highest BCUT2D eigenvalue weighted by Crippen LogP contribution is 2.21. The molecule has 1 heterocycles. The molecule has 0 fully saturated rings. The minimum atomic E-state index is 0.107. The smallest absolute Gasteiger partial charge is 0.0688 e. The number of aromatic nitrogens is 1. The van der Waals surface area contributed by atoms with Crippen molar-refractivity contribution in [2.24, 2.45) is 0 Å². The van der Waals surface area contributed by atoms with Crippen molar-refractivity contribution >= 4 is 10.9 Å². The van der Waals surface area contributed by atoms with Crippen LogP contribution in [-0.4, -0.2) is 10.1 Å². The molecule has 2 aromatic rings. The van der Waals surface area contributed by atoms with Crippen LogP contribution in [0.25, 0.3) is 10.9 Å². The van der Waals surface area contributed by atoms with Gasteiger partial charge in [-0.3, -0.25) is 0 Å². The summed E-state index contributed by atoms with van der Waals surface area (Å²) in [5.41, 5.74) is 3.28. The highest BCUT2D eigenvalue weighted by Gasteiger charge is 2.02. The first-order valence-corrected chi connectivity index (χ1v) is 3.99. The number of aryl methyl sites for hydroxylation is 1.